The zero-order valence-corrected chi connectivity index (χ0v) is 11.6. The summed E-state index contributed by atoms with van der Waals surface area (Å²) in [5.74, 6) is -0.750. The maximum absolute atomic E-state index is 11.7. The second-order valence-corrected chi connectivity index (χ2v) is 5.51. The number of nitrogens with one attached hydrogen (secondary N) is 1. The van der Waals surface area contributed by atoms with Crippen molar-refractivity contribution in [1.29, 1.82) is 0 Å². The van der Waals surface area contributed by atoms with Gasteiger partial charge in [0.1, 0.15) is 5.54 Å². The highest BCUT2D eigenvalue weighted by atomic mass is 16.4. The summed E-state index contributed by atoms with van der Waals surface area (Å²) < 4.78 is 0. The summed E-state index contributed by atoms with van der Waals surface area (Å²) in [7, 11) is 0. The number of anilines is 1. The smallest absolute Gasteiger partial charge is 0.329 e. The number of carboxylic acids is 1. The molecule has 0 atom stereocenters. The summed E-state index contributed by atoms with van der Waals surface area (Å²) in [5, 5.41) is 12.8. The summed E-state index contributed by atoms with van der Waals surface area (Å²) >= 11 is 0. The van der Waals surface area contributed by atoms with Crippen molar-refractivity contribution in [2.24, 2.45) is 0 Å². The molecule has 19 heavy (non-hydrogen) atoms. The molecule has 1 saturated heterocycles. The maximum atomic E-state index is 11.7. The average Bonchev–Trinajstić information content (AvgIpc) is 2.40. The number of carbonyl (C=O) groups is 1. The molecule has 0 amide bonds. The number of nitrogens with zero attached hydrogens (tertiary/aromatic N) is 1. The van der Waals surface area contributed by atoms with Gasteiger partial charge < -0.3 is 15.3 Å². The lowest BCUT2D eigenvalue weighted by atomic mass is 9.86. The van der Waals surface area contributed by atoms with Crippen LogP contribution < -0.4 is 5.32 Å². The first-order valence-electron chi connectivity index (χ1n) is 6.84. The average molecular weight is 262 g/mol. The first-order chi connectivity index (χ1) is 9.03. The monoisotopic (exact) mass is 262 g/mol. The van der Waals surface area contributed by atoms with Crippen molar-refractivity contribution in [1.82, 2.24) is 4.90 Å². The van der Waals surface area contributed by atoms with Crippen LogP contribution in [0.3, 0.4) is 0 Å². The Bertz CT molecular complexity index is 423. The van der Waals surface area contributed by atoms with Crippen LogP contribution >= 0.6 is 0 Å². The molecule has 1 aromatic rings. The van der Waals surface area contributed by atoms with Crippen molar-refractivity contribution < 1.29 is 9.90 Å². The van der Waals surface area contributed by atoms with Crippen molar-refractivity contribution in [3.8, 4) is 0 Å². The van der Waals surface area contributed by atoms with Gasteiger partial charge in [-0.25, -0.2) is 4.79 Å². The van der Waals surface area contributed by atoms with Crippen LogP contribution in [0.15, 0.2) is 30.3 Å². The van der Waals surface area contributed by atoms with Gasteiger partial charge in [0.2, 0.25) is 0 Å². The molecule has 0 spiro atoms. The van der Waals surface area contributed by atoms with Crippen LogP contribution in [0.5, 0.6) is 0 Å². The van der Waals surface area contributed by atoms with E-state index in [1.54, 1.807) is 0 Å². The number of carboxylic acid groups (broad SMARTS) is 1. The minimum atomic E-state index is -0.827. The molecular formula is C15H22N2O2. The Morgan fingerprint density at radius 3 is 2.32 bits per heavy atom. The van der Waals surface area contributed by atoms with Crippen molar-refractivity contribution >= 4 is 11.7 Å². The Kier molecular flexibility index (Phi) is 4.10. The number of hydrogen-bond donors (Lipinski definition) is 2. The molecule has 4 heteroatoms. The largest absolute Gasteiger partial charge is 0.480 e. The Morgan fingerprint density at radius 1 is 1.26 bits per heavy atom. The molecule has 0 saturated carbocycles. The summed E-state index contributed by atoms with van der Waals surface area (Å²) in [4.78, 5) is 14.0. The van der Waals surface area contributed by atoms with Gasteiger partial charge >= 0.3 is 5.97 Å². The van der Waals surface area contributed by atoms with Crippen molar-refractivity contribution in [2.45, 2.75) is 38.3 Å². The van der Waals surface area contributed by atoms with Crippen LogP contribution in [-0.4, -0.2) is 40.6 Å². The van der Waals surface area contributed by atoms with E-state index in [1.165, 1.54) is 0 Å². The van der Waals surface area contributed by atoms with E-state index < -0.39 is 11.5 Å². The van der Waals surface area contributed by atoms with Crippen LogP contribution in [0, 0.1) is 0 Å². The van der Waals surface area contributed by atoms with E-state index in [0.29, 0.717) is 18.9 Å². The zero-order chi connectivity index (χ0) is 13.9. The summed E-state index contributed by atoms with van der Waals surface area (Å²) in [5.41, 5.74) is 0.0510. The second kappa shape index (κ2) is 5.61. The second-order valence-electron chi connectivity index (χ2n) is 5.51. The van der Waals surface area contributed by atoms with Gasteiger partial charge in [0, 0.05) is 24.8 Å². The Balaban J connectivity index is 2.11. The van der Waals surface area contributed by atoms with Gasteiger partial charge in [-0.1, -0.05) is 18.2 Å². The van der Waals surface area contributed by atoms with E-state index >= 15 is 0 Å². The number of para-hydroxylation sites is 1. The lowest BCUT2D eigenvalue weighted by Gasteiger charge is -2.41. The van der Waals surface area contributed by atoms with Gasteiger partial charge in [0.25, 0.3) is 0 Å². The molecule has 4 nitrogen and oxygen atoms in total. The van der Waals surface area contributed by atoms with Gasteiger partial charge in [0.15, 0.2) is 0 Å². The van der Waals surface area contributed by atoms with Crippen molar-refractivity contribution in [2.75, 3.05) is 18.4 Å². The lowest BCUT2D eigenvalue weighted by Crippen LogP contribution is -2.55. The third-order valence-corrected chi connectivity index (χ3v) is 3.95. The highest BCUT2D eigenvalue weighted by Crippen LogP contribution is 2.28. The molecule has 0 aliphatic carbocycles. The fraction of sp³-hybridized carbons (Fsp3) is 0.533. The summed E-state index contributed by atoms with van der Waals surface area (Å²) in [6.45, 7) is 5.95. The molecule has 2 N–H and O–H groups in total. The fourth-order valence-corrected chi connectivity index (χ4v) is 2.61. The highest BCUT2D eigenvalue weighted by Gasteiger charge is 2.41. The normalized spacial score (nSPS) is 19.3. The fourth-order valence-electron chi connectivity index (χ4n) is 2.61. The van der Waals surface area contributed by atoms with E-state index in [1.807, 2.05) is 30.3 Å². The first kappa shape index (κ1) is 13.9. The molecule has 1 aromatic carbocycles. The number of rotatable bonds is 4. The molecule has 0 unspecified atom stereocenters. The van der Waals surface area contributed by atoms with E-state index in [9.17, 15) is 9.90 Å². The van der Waals surface area contributed by atoms with Gasteiger partial charge in [-0.15, -0.1) is 0 Å². The number of hydrogen-bond acceptors (Lipinski definition) is 3. The molecule has 0 bridgehead atoms. The molecule has 2 rings (SSSR count). The first-order valence-corrected chi connectivity index (χ1v) is 6.84. The quantitative estimate of drug-likeness (QED) is 0.875. The van der Waals surface area contributed by atoms with Crippen LogP contribution in [0.1, 0.15) is 26.7 Å². The maximum Gasteiger partial charge on any atom is 0.329 e. The minimum absolute atomic E-state index is 0.475. The third-order valence-electron chi connectivity index (χ3n) is 3.95. The molecule has 1 aliphatic heterocycles. The standard InChI is InChI=1S/C15H22N2O2/c1-12(2)17-10-8-15(9-11-17,14(18)19)16-13-6-4-3-5-7-13/h3-7,12,16H,8-11H2,1-2H3,(H,18,19). The summed E-state index contributed by atoms with van der Waals surface area (Å²) in [6, 6.07) is 10.1. The lowest BCUT2D eigenvalue weighted by molar-refractivity contribution is -0.144. The number of likely N-dealkylation sites (tertiary alicyclic amines) is 1. The third kappa shape index (κ3) is 3.07. The van der Waals surface area contributed by atoms with E-state index in [-0.39, 0.29) is 0 Å². The predicted octanol–water partition coefficient (Wildman–Crippen LogP) is 2.43. The SMILES string of the molecule is CC(C)N1CCC(Nc2ccccc2)(C(=O)O)CC1. The van der Waals surface area contributed by atoms with Crippen LogP contribution in [-0.2, 0) is 4.79 Å². The molecule has 1 fully saturated rings. The van der Waals surface area contributed by atoms with Gasteiger partial charge in [-0.2, -0.15) is 0 Å². The number of benzene rings is 1. The predicted molar refractivity (Wildman–Crippen MR) is 76.4 cm³/mol. The van der Waals surface area contributed by atoms with Crippen LogP contribution in [0.25, 0.3) is 0 Å². The summed E-state index contributed by atoms with van der Waals surface area (Å²) in [6.07, 6.45) is 1.27. The zero-order valence-electron chi connectivity index (χ0n) is 11.6. The van der Waals surface area contributed by atoms with E-state index in [0.717, 1.165) is 18.8 Å². The van der Waals surface area contributed by atoms with Crippen molar-refractivity contribution in [3.05, 3.63) is 30.3 Å². The van der Waals surface area contributed by atoms with Crippen LogP contribution in [0.2, 0.25) is 0 Å². The molecule has 1 aliphatic rings. The molecule has 104 valence electrons. The Hall–Kier alpha value is -1.55. The minimum Gasteiger partial charge on any atom is -0.480 e. The van der Waals surface area contributed by atoms with E-state index in [2.05, 4.69) is 24.1 Å². The topological polar surface area (TPSA) is 52.6 Å². The van der Waals surface area contributed by atoms with Gasteiger partial charge in [0.05, 0.1) is 0 Å². The molecular weight excluding hydrogens is 240 g/mol. The Labute approximate surface area is 114 Å². The van der Waals surface area contributed by atoms with Crippen LogP contribution in [0.4, 0.5) is 5.69 Å². The molecule has 1 heterocycles. The number of aliphatic carboxylic acids is 1. The Morgan fingerprint density at radius 2 is 1.84 bits per heavy atom. The molecule has 0 aromatic heterocycles. The van der Waals surface area contributed by atoms with Crippen molar-refractivity contribution in [3.63, 3.8) is 0 Å². The van der Waals surface area contributed by atoms with Gasteiger partial charge in [-0.05, 0) is 38.8 Å². The number of piperidine rings is 1. The molecule has 0 radical (unpaired) electrons. The highest BCUT2D eigenvalue weighted by molar-refractivity contribution is 5.83. The van der Waals surface area contributed by atoms with E-state index in [4.69, 9.17) is 0 Å². The van der Waals surface area contributed by atoms with Gasteiger partial charge in [-0.3, -0.25) is 0 Å².